The van der Waals surface area contributed by atoms with E-state index in [1.54, 1.807) is 23.7 Å². The number of carbonyl (C=O) groups excluding carboxylic acids is 1. The zero-order valence-corrected chi connectivity index (χ0v) is 14.7. The summed E-state index contributed by atoms with van der Waals surface area (Å²) in [5.41, 5.74) is 7.29. The smallest absolute Gasteiger partial charge is 0.228 e. The summed E-state index contributed by atoms with van der Waals surface area (Å²) in [5.74, 6) is 0.0122. The van der Waals surface area contributed by atoms with Crippen LogP contribution in [0.1, 0.15) is 44.7 Å². The highest BCUT2D eigenvalue weighted by Crippen LogP contribution is 2.28. The number of pyridine rings is 1. The molecule has 5 nitrogen and oxygen atoms in total. The third-order valence-corrected chi connectivity index (χ3v) is 5.47. The standard InChI is InChI=1S/C17H24N4OS/c1-4-17(5-2,11-18)16(22)20-12(3)15-21-14(10-23-15)13-6-8-19-9-7-13/h6-10,12H,4-5,11,18H2,1-3H3,(H,20,22). The van der Waals surface area contributed by atoms with Crippen molar-refractivity contribution in [2.75, 3.05) is 6.54 Å². The zero-order chi connectivity index (χ0) is 16.9. The molecule has 0 aliphatic heterocycles. The van der Waals surface area contributed by atoms with Crippen molar-refractivity contribution in [1.29, 1.82) is 0 Å². The van der Waals surface area contributed by atoms with Crippen molar-refractivity contribution in [2.24, 2.45) is 11.1 Å². The Bertz CT molecular complexity index is 629. The van der Waals surface area contributed by atoms with Gasteiger partial charge in [-0.25, -0.2) is 4.98 Å². The summed E-state index contributed by atoms with van der Waals surface area (Å²) in [6.07, 6.45) is 4.96. The number of aromatic nitrogens is 2. The van der Waals surface area contributed by atoms with Gasteiger partial charge < -0.3 is 11.1 Å². The number of amides is 1. The van der Waals surface area contributed by atoms with Crippen LogP contribution in [0.15, 0.2) is 29.9 Å². The molecule has 1 unspecified atom stereocenters. The van der Waals surface area contributed by atoms with E-state index in [0.717, 1.165) is 29.1 Å². The molecule has 2 heterocycles. The van der Waals surface area contributed by atoms with Crippen LogP contribution in [0.3, 0.4) is 0 Å². The van der Waals surface area contributed by atoms with Gasteiger partial charge in [-0.3, -0.25) is 9.78 Å². The fourth-order valence-electron chi connectivity index (χ4n) is 2.51. The maximum Gasteiger partial charge on any atom is 0.228 e. The van der Waals surface area contributed by atoms with Crippen molar-refractivity contribution in [2.45, 2.75) is 39.7 Å². The minimum absolute atomic E-state index is 0.0122. The molecule has 0 spiro atoms. The molecule has 2 aromatic heterocycles. The van der Waals surface area contributed by atoms with Gasteiger partial charge in [-0.05, 0) is 31.9 Å². The van der Waals surface area contributed by atoms with Crippen LogP contribution in [0.5, 0.6) is 0 Å². The second kappa shape index (κ2) is 7.66. The van der Waals surface area contributed by atoms with Crippen molar-refractivity contribution in [3.05, 3.63) is 34.9 Å². The van der Waals surface area contributed by atoms with Gasteiger partial charge in [0.15, 0.2) is 0 Å². The molecule has 0 fully saturated rings. The first-order chi connectivity index (χ1) is 11.1. The number of nitrogens with zero attached hydrogens (tertiary/aromatic N) is 2. The third-order valence-electron chi connectivity index (χ3n) is 4.44. The van der Waals surface area contributed by atoms with Crippen molar-refractivity contribution in [3.63, 3.8) is 0 Å². The van der Waals surface area contributed by atoms with Crippen LogP contribution in [0.25, 0.3) is 11.3 Å². The first-order valence-electron chi connectivity index (χ1n) is 7.93. The van der Waals surface area contributed by atoms with E-state index in [-0.39, 0.29) is 11.9 Å². The highest BCUT2D eigenvalue weighted by atomic mass is 32.1. The Labute approximate surface area is 141 Å². The molecule has 3 N–H and O–H groups in total. The Morgan fingerprint density at radius 2 is 2.00 bits per heavy atom. The molecule has 1 atom stereocenters. The largest absolute Gasteiger partial charge is 0.347 e. The van der Waals surface area contributed by atoms with Crippen LogP contribution >= 0.6 is 11.3 Å². The molecular formula is C17H24N4OS. The Hall–Kier alpha value is -1.79. The molecule has 1 amide bonds. The Morgan fingerprint density at radius 1 is 1.35 bits per heavy atom. The maximum atomic E-state index is 12.6. The second-order valence-corrected chi connectivity index (χ2v) is 6.58. The lowest BCUT2D eigenvalue weighted by Gasteiger charge is -2.29. The minimum Gasteiger partial charge on any atom is -0.347 e. The molecule has 0 radical (unpaired) electrons. The Morgan fingerprint density at radius 3 is 2.57 bits per heavy atom. The van der Waals surface area contributed by atoms with Gasteiger partial charge in [0.25, 0.3) is 0 Å². The van der Waals surface area contributed by atoms with Crippen LogP contribution in [0.4, 0.5) is 0 Å². The molecule has 23 heavy (non-hydrogen) atoms. The van der Waals surface area contributed by atoms with Crippen molar-refractivity contribution >= 4 is 17.2 Å². The fraction of sp³-hybridized carbons (Fsp3) is 0.471. The molecular weight excluding hydrogens is 308 g/mol. The van der Waals surface area contributed by atoms with Gasteiger partial charge >= 0.3 is 0 Å². The molecule has 0 aliphatic rings. The Kier molecular flexibility index (Phi) is 5.85. The average Bonchev–Trinajstić information content (AvgIpc) is 3.08. The molecule has 2 aromatic rings. The van der Waals surface area contributed by atoms with E-state index in [0.29, 0.717) is 6.54 Å². The lowest BCUT2D eigenvalue weighted by atomic mass is 9.81. The van der Waals surface area contributed by atoms with Crippen molar-refractivity contribution in [3.8, 4) is 11.3 Å². The quantitative estimate of drug-likeness (QED) is 0.816. The minimum atomic E-state index is -0.487. The molecule has 0 bridgehead atoms. The van der Waals surface area contributed by atoms with Gasteiger partial charge in [-0.1, -0.05) is 13.8 Å². The first-order valence-corrected chi connectivity index (χ1v) is 8.81. The monoisotopic (exact) mass is 332 g/mol. The van der Waals surface area contributed by atoms with Gasteiger partial charge in [0.05, 0.1) is 17.2 Å². The Balaban J connectivity index is 2.11. The lowest BCUT2D eigenvalue weighted by molar-refractivity contribution is -0.131. The second-order valence-electron chi connectivity index (χ2n) is 5.69. The number of rotatable bonds is 7. The summed E-state index contributed by atoms with van der Waals surface area (Å²) in [6.45, 7) is 6.33. The highest BCUT2D eigenvalue weighted by molar-refractivity contribution is 7.10. The van der Waals surface area contributed by atoms with Crippen LogP contribution in [-0.2, 0) is 4.79 Å². The van der Waals surface area contributed by atoms with Gasteiger partial charge in [-0.2, -0.15) is 0 Å². The fourth-order valence-corrected chi connectivity index (χ4v) is 3.34. The molecule has 0 aromatic carbocycles. The van der Waals surface area contributed by atoms with Crippen molar-refractivity contribution < 1.29 is 4.79 Å². The topological polar surface area (TPSA) is 80.9 Å². The van der Waals surface area contributed by atoms with Gasteiger partial charge in [0.2, 0.25) is 5.91 Å². The maximum absolute atomic E-state index is 12.6. The molecule has 6 heteroatoms. The van der Waals surface area contributed by atoms with E-state index in [2.05, 4.69) is 15.3 Å². The first kappa shape index (κ1) is 17.6. The normalized spacial score (nSPS) is 12.9. The number of nitrogens with one attached hydrogen (secondary N) is 1. The van der Waals surface area contributed by atoms with E-state index in [9.17, 15) is 4.79 Å². The molecule has 124 valence electrons. The van der Waals surface area contributed by atoms with Gasteiger partial charge in [0.1, 0.15) is 5.01 Å². The number of carbonyl (C=O) groups is 1. The summed E-state index contributed by atoms with van der Waals surface area (Å²) in [6, 6.07) is 3.72. The summed E-state index contributed by atoms with van der Waals surface area (Å²) >= 11 is 1.55. The molecule has 0 aliphatic carbocycles. The van der Waals surface area contributed by atoms with Crippen LogP contribution < -0.4 is 11.1 Å². The predicted molar refractivity (Wildman–Crippen MR) is 94.0 cm³/mol. The number of hydrogen-bond acceptors (Lipinski definition) is 5. The average molecular weight is 332 g/mol. The zero-order valence-electron chi connectivity index (χ0n) is 13.9. The van der Waals surface area contributed by atoms with Crippen LogP contribution in [-0.4, -0.2) is 22.4 Å². The van der Waals surface area contributed by atoms with Crippen LogP contribution in [0, 0.1) is 5.41 Å². The van der Waals surface area contributed by atoms with E-state index in [4.69, 9.17) is 5.73 Å². The lowest BCUT2D eigenvalue weighted by Crippen LogP contribution is -2.46. The number of nitrogens with two attached hydrogens (primary N) is 1. The molecule has 0 saturated carbocycles. The predicted octanol–water partition coefficient (Wildman–Crippen LogP) is 3.15. The van der Waals surface area contributed by atoms with Gasteiger partial charge in [0, 0.05) is 29.9 Å². The van der Waals surface area contributed by atoms with E-state index < -0.39 is 5.41 Å². The van der Waals surface area contributed by atoms with E-state index in [1.807, 2.05) is 38.3 Å². The summed E-state index contributed by atoms with van der Waals surface area (Å²) in [4.78, 5) is 21.2. The van der Waals surface area contributed by atoms with E-state index >= 15 is 0 Å². The van der Waals surface area contributed by atoms with E-state index in [1.165, 1.54) is 0 Å². The summed E-state index contributed by atoms with van der Waals surface area (Å²) < 4.78 is 0. The SMILES string of the molecule is CCC(CC)(CN)C(=O)NC(C)c1nc(-c2ccncc2)cs1. The summed E-state index contributed by atoms with van der Waals surface area (Å²) in [7, 11) is 0. The van der Waals surface area contributed by atoms with Crippen LogP contribution in [0.2, 0.25) is 0 Å². The number of hydrogen-bond donors (Lipinski definition) is 2. The molecule has 0 saturated heterocycles. The van der Waals surface area contributed by atoms with Gasteiger partial charge in [-0.15, -0.1) is 11.3 Å². The third kappa shape index (κ3) is 3.76. The summed E-state index contributed by atoms with van der Waals surface area (Å²) in [5, 5.41) is 5.97. The number of thiazole rings is 1. The van der Waals surface area contributed by atoms with Crippen molar-refractivity contribution in [1.82, 2.24) is 15.3 Å². The molecule has 2 rings (SSSR count). The highest BCUT2D eigenvalue weighted by Gasteiger charge is 2.34.